The number of rotatable bonds is 11. The fraction of sp³-hybridized carbons (Fsp3) is 0.333. The number of nitrogens with zero attached hydrogens (tertiary/aromatic N) is 1. The van der Waals surface area contributed by atoms with E-state index in [1.165, 1.54) is 0 Å². The Morgan fingerprint density at radius 1 is 1.20 bits per heavy atom. The number of halogens is 2. The van der Waals surface area contributed by atoms with Gasteiger partial charge in [0, 0.05) is 13.0 Å². The smallest absolute Gasteiger partial charge is 0.269 e. The maximum atomic E-state index is 12.3. The molecule has 7 nitrogen and oxygen atoms in total. The zero-order valence-electron chi connectivity index (χ0n) is 16.8. The maximum Gasteiger partial charge on any atom is 0.269 e. The van der Waals surface area contributed by atoms with Crippen LogP contribution in [0.3, 0.4) is 0 Å². The van der Waals surface area contributed by atoms with Gasteiger partial charge in [0.1, 0.15) is 17.2 Å². The van der Waals surface area contributed by atoms with Crippen LogP contribution in [0.5, 0.6) is 11.5 Å². The molecule has 1 amide bonds. The van der Waals surface area contributed by atoms with Crippen molar-refractivity contribution in [2.75, 3.05) is 26.8 Å². The van der Waals surface area contributed by atoms with Gasteiger partial charge in [0.25, 0.3) is 5.91 Å². The molecular weight excluding hydrogens is 474 g/mol. The molecule has 0 spiro atoms. The molecule has 0 aliphatic carbocycles. The van der Waals surface area contributed by atoms with Crippen LogP contribution < -0.4 is 20.5 Å². The predicted octanol–water partition coefficient (Wildman–Crippen LogP) is 3.34. The van der Waals surface area contributed by atoms with Crippen molar-refractivity contribution in [3.63, 3.8) is 0 Å². The Hall–Kier alpha value is -2.29. The fourth-order valence-electron chi connectivity index (χ4n) is 2.61. The number of hydrogen-bond acceptors (Lipinski definition) is 6. The first-order valence-electron chi connectivity index (χ1n) is 9.30. The number of nitrogens with one attached hydrogen (secondary N) is 1. The number of benzene rings is 2. The third-order valence-corrected chi connectivity index (χ3v) is 4.83. The molecule has 2 aromatic carbocycles. The third-order valence-electron chi connectivity index (χ3n) is 4.21. The summed E-state index contributed by atoms with van der Waals surface area (Å²) < 4.78 is 11.5. The van der Waals surface area contributed by atoms with Gasteiger partial charge in [-0.05, 0) is 70.7 Å². The summed E-state index contributed by atoms with van der Waals surface area (Å²) in [6, 6.07) is 13.1. The van der Waals surface area contributed by atoms with Gasteiger partial charge < -0.3 is 25.7 Å². The van der Waals surface area contributed by atoms with Crippen LogP contribution in [-0.4, -0.2) is 43.6 Å². The summed E-state index contributed by atoms with van der Waals surface area (Å²) >= 11 is 3.46. The molecule has 0 radical (unpaired) electrons. The molecule has 2 aromatic rings. The standard InChI is InChI=1S/C21H26BrN3O4.ClH/c1-28-17-6-3-15(4-7-17)9-11-24-21(26)19(25-27)14-16-5-8-20(18(22)13-16)29-12-2-10-23;/h3-8,13,27H,2,9-12,14,23H2,1H3,(H,24,26);1H/b25-19+;. The monoisotopic (exact) mass is 499 g/mol. The lowest BCUT2D eigenvalue weighted by Crippen LogP contribution is -2.33. The number of carbonyl (C=O) groups is 1. The second-order valence-corrected chi connectivity index (χ2v) is 7.19. The molecule has 0 aliphatic rings. The van der Waals surface area contributed by atoms with Gasteiger partial charge in [0.15, 0.2) is 0 Å². The quantitative estimate of drug-likeness (QED) is 0.190. The summed E-state index contributed by atoms with van der Waals surface area (Å²) in [7, 11) is 1.62. The van der Waals surface area contributed by atoms with E-state index in [0.29, 0.717) is 31.9 Å². The molecular formula is C21H27BrClN3O4. The highest BCUT2D eigenvalue weighted by atomic mass is 79.9. The van der Waals surface area contributed by atoms with Crippen molar-refractivity contribution in [1.82, 2.24) is 5.32 Å². The summed E-state index contributed by atoms with van der Waals surface area (Å²) in [5, 5.41) is 15.2. The first kappa shape index (κ1) is 25.7. The zero-order chi connectivity index (χ0) is 21.1. The number of ether oxygens (including phenoxy) is 2. The van der Waals surface area contributed by atoms with E-state index in [2.05, 4.69) is 26.4 Å². The fourth-order valence-corrected chi connectivity index (χ4v) is 3.15. The number of oxime groups is 1. The van der Waals surface area contributed by atoms with E-state index < -0.39 is 5.91 Å². The van der Waals surface area contributed by atoms with E-state index in [9.17, 15) is 10.0 Å². The maximum absolute atomic E-state index is 12.3. The lowest BCUT2D eigenvalue weighted by atomic mass is 10.1. The van der Waals surface area contributed by atoms with E-state index in [4.69, 9.17) is 15.2 Å². The molecule has 0 fully saturated rings. The van der Waals surface area contributed by atoms with Gasteiger partial charge in [0.2, 0.25) is 0 Å². The van der Waals surface area contributed by atoms with Crippen molar-refractivity contribution in [2.24, 2.45) is 10.9 Å². The van der Waals surface area contributed by atoms with Crippen molar-refractivity contribution in [3.05, 3.63) is 58.1 Å². The van der Waals surface area contributed by atoms with Gasteiger partial charge in [-0.2, -0.15) is 0 Å². The van der Waals surface area contributed by atoms with Crippen LogP contribution in [0.1, 0.15) is 17.5 Å². The van der Waals surface area contributed by atoms with Crippen molar-refractivity contribution in [1.29, 1.82) is 0 Å². The van der Waals surface area contributed by atoms with Crippen molar-refractivity contribution in [3.8, 4) is 11.5 Å². The van der Waals surface area contributed by atoms with Gasteiger partial charge in [0.05, 0.1) is 18.2 Å². The molecule has 0 saturated carbocycles. The predicted molar refractivity (Wildman–Crippen MR) is 123 cm³/mol. The Balaban J connectivity index is 0.00000450. The highest BCUT2D eigenvalue weighted by Crippen LogP contribution is 2.26. The Labute approximate surface area is 191 Å². The SMILES string of the molecule is COc1ccc(CCNC(=O)/C(Cc2ccc(OCCCN)c(Br)c2)=N/O)cc1.Cl. The van der Waals surface area contributed by atoms with E-state index in [0.717, 1.165) is 27.8 Å². The van der Waals surface area contributed by atoms with Crippen LogP contribution in [0, 0.1) is 0 Å². The largest absolute Gasteiger partial charge is 0.497 e. The summed E-state index contributed by atoms with van der Waals surface area (Å²) in [6.45, 7) is 1.54. The second kappa shape index (κ2) is 13.8. The Morgan fingerprint density at radius 3 is 2.50 bits per heavy atom. The van der Waals surface area contributed by atoms with Crippen LogP contribution in [0.4, 0.5) is 0 Å². The molecule has 0 aliphatic heterocycles. The summed E-state index contributed by atoms with van der Waals surface area (Å²) in [6.07, 6.45) is 1.63. The molecule has 0 heterocycles. The molecule has 0 unspecified atom stereocenters. The topological polar surface area (TPSA) is 106 Å². The van der Waals surface area contributed by atoms with Crippen molar-refractivity contribution < 1.29 is 19.5 Å². The van der Waals surface area contributed by atoms with Crippen LogP contribution in [0.2, 0.25) is 0 Å². The van der Waals surface area contributed by atoms with Crippen molar-refractivity contribution >= 4 is 40.0 Å². The molecule has 2 rings (SSSR count). The molecule has 9 heteroatoms. The van der Waals surface area contributed by atoms with E-state index in [-0.39, 0.29) is 24.5 Å². The number of carbonyl (C=O) groups excluding carboxylic acids is 1. The van der Waals surface area contributed by atoms with Gasteiger partial charge in [-0.15, -0.1) is 12.4 Å². The minimum absolute atomic E-state index is 0. The lowest BCUT2D eigenvalue weighted by molar-refractivity contribution is -0.115. The van der Waals surface area contributed by atoms with Gasteiger partial charge in [-0.25, -0.2) is 0 Å². The molecule has 30 heavy (non-hydrogen) atoms. The molecule has 0 saturated heterocycles. The molecule has 164 valence electrons. The van der Waals surface area contributed by atoms with Gasteiger partial charge >= 0.3 is 0 Å². The molecule has 0 atom stereocenters. The van der Waals surface area contributed by atoms with Crippen molar-refractivity contribution in [2.45, 2.75) is 19.3 Å². The Morgan fingerprint density at radius 2 is 1.90 bits per heavy atom. The normalized spacial score (nSPS) is 10.8. The molecule has 0 bridgehead atoms. The summed E-state index contributed by atoms with van der Waals surface area (Å²) in [5.74, 6) is 1.09. The Bertz CT molecular complexity index is 832. The van der Waals surface area contributed by atoms with Crippen LogP contribution in [0.15, 0.2) is 52.1 Å². The molecule has 0 aromatic heterocycles. The summed E-state index contributed by atoms with van der Waals surface area (Å²) in [4.78, 5) is 12.3. The average Bonchev–Trinajstić information content (AvgIpc) is 2.74. The zero-order valence-corrected chi connectivity index (χ0v) is 19.2. The van der Waals surface area contributed by atoms with E-state index >= 15 is 0 Å². The van der Waals surface area contributed by atoms with Crippen LogP contribution in [-0.2, 0) is 17.6 Å². The minimum Gasteiger partial charge on any atom is -0.497 e. The number of hydrogen-bond donors (Lipinski definition) is 3. The van der Waals surface area contributed by atoms with Crippen LogP contribution >= 0.6 is 28.3 Å². The van der Waals surface area contributed by atoms with Gasteiger partial charge in [-0.3, -0.25) is 4.79 Å². The number of nitrogens with two attached hydrogens (primary N) is 1. The minimum atomic E-state index is -0.402. The highest BCUT2D eigenvalue weighted by Gasteiger charge is 2.14. The second-order valence-electron chi connectivity index (χ2n) is 6.33. The van der Waals surface area contributed by atoms with E-state index in [1.807, 2.05) is 42.5 Å². The third kappa shape index (κ3) is 8.22. The Kier molecular flexibility index (Phi) is 11.9. The van der Waals surface area contributed by atoms with Gasteiger partial charge in [-0.1, -0.05) is 23.4 Å². The number of methoxy groups -OCH3 is 1. The van der Waals surface area contributed by atoms with E-state index in [1.54, 1.807) is 7.11 Å². The molecule has 4 N–H and O–H groups in total. The lowest BCUT2D eigenvalue weighted by Gasteiger charge is -2.10. The average molecular weight is 501 g/mol. The summed E-state index contributed by atoms with van der Waals surface area (Å²) in [5.41, 5.74) is 7.40. The number of amides is 1. The van der Waals surface area contributed by atoms with Crippen LogP contribution in [0.25, 0.3) is 0 Å². The first-order valence-corrected chi connectivity index (χ1v) is 10.1. The first-order chi connectivity index (χ1) is 14.1. The highest BCUT2D eigenvalue weighted by molar-refractivity contribution is 9.10.